The van der Waals surface area contributed by atoms with Gasteiger partial charge in [-0.05, 0) is 0 Å². The molecule has 6 rings (SSSR count). The molecule has 0 spiro atoms. The van der Waals surface area contributed by atoms with Gasteiger partial charge in [-0.2, -0.15) is 0 Å². The van der Waals surface area contributed by atoms with Crippen LogP contribution in [0.15, 0.2) is 84.9 Å². The second kappa shape index (κ2) is 14.4. The van der Waals surface area contributed by atoms with Crippen molar-refractivity contribution in [2.45, 2.75) is 83.1 Å². The first-order chi connectivity index (χ1) is 24.2. The van der Waals surface area contributed by atoms with Crippen molar-refractivity contribution < 1.29 is 0 Å². The van der Waals surface area contributed by atoms with Crippen molar-refractivity contribution in [2.75, 3.05) is 0 Å². The minimum atomic E-state index is -3.19. The topological polar surface area (TPSA) is 38.0 Å². The Morgan fingerprint density at radius 3 is 0.725 bits per heavy atom. The van der Waals surface area contributed by atoms with E-state index in [4.69, 9.17) is 5.84 Å². The Morgan fingerprint density at radius 2 is 0.549 bits per heavy atom. The fraction of sp³-hybridized carbons (Fsp3) is 0.250. The van der Waals surface area contributed by atoms with Gasteiger partial charge >= 0.3 is 313 Å². The van der Waals surface area contributed by atoms with E-state index in [-0.39, 0.29) is 0 Å². The molecule has 0 fully saturated rings. The molecule has 0 atom stereocenters. The van der Waals surface area contributed by atoms with Gasteiger partial charge in [-0.1, -0.05) is 0 Å². The van der Waals surface area contributed by atoms with Crippen molar-refractivity contribution in [2.24, 2.45) is 5.84 Å². The maximum absolute atomic E-state index is 7.06. The van der Waals surface area contributed by atoms with Crippen molar-refractivity contribution >= 4 is 23.4 Å². The Balaban J connectivity index is 1.83. The van der Waals surface area contributed by atoms with Crippen molar-refractivity contribution in [3.8, 4) is 44.5 Å². The zero-order valence-electron chi connectivity index (χ0n) is 32.7. The normalized spacial score (nSPS) is 11.5. The molecule has 260 valence electrons. The molecular weight excluding hydrogens is 677 g/mol. The van der Waals surface area contributed by atoms with Gasteiger partial charge in [0.25, 0.3) is 0 Å². The van der Waals surface area contributed by atoms with Crippen LogP contribution in [0, 0.1) is 83.1 Å². The van der Waals surface area contributed by atoms with Crippen LogP contribution in [0.2, 0.25) is 0 Å². The Morgan fingerprint density at radius 1 is 0.353 bits per heavy atom. The van der Waals surface area contributed by atoms with E-state index in [1.807, 2.05) is 0 Å². The standard InChI is InChI=1S/C48H54GeN2/c1-27-19-31(5)43(32(6)20-27)39-15-13-16-40(44-33(7)21-28(2)22-34(44)8)47(39)49(51-50)48-41(45-35(9)23-29(3)24-36(45)10)17-14-18-42(48)46-37(11)25-30(4)26-38(46)12/h13-26,49,51H,50H2,1-12H3. The van der Waals surface area contributed by atoms with Gasteiger partial charge in [0.15, 0.2) is 0 Å². The van der Waals surface area contributed by atoms with Gasteiger partial charge in [0.2, 0.25) is 0 Å². The summed E-state index contributed by atoms with van der Waals surface area (Å²) in [6, 6.07) is 32.6. The summed E-state index contributed by atoms with van der Waals surface area (Å²) in [6.45, 7) is 26.9. The van der Waals surface area contributed by atoms with E-state index in [9.17, 15) is 0 Å². The quantitative estimate of drug-likeness (QED) is 0.0975. The first-order valence-electron chi connectivity index (χ1n) is 18.3. The number of nitrogens with one attached hydrogen (secondary N) is 1. The maximum atomic E-state index is 7.06. The molecule has 0 aliphatic heterocycles. The van der Waals surface area contributed by atoms with Gasteiger partial charge in [-0.25, -0.2) is 0 Å². The Labute approximate surface area is 311 Å². The van der Waals surface area contributed by atoms with Crippen LogP contribution in [0.4, 0.5) is 0 Å². The summed E-state index contributed by atoms with van der Waals surface area (Å²) < 4.78 is 6.43. The summed E-state index contributed by atoms with van der Waals surface area (Å²) in [5.74, 6) is 7.06. The molecule has 51 heavy (non-hydrogen) atoms. The summed E-state index contributed by atoms with van der Waals surface area (Å²) in [5.41, 5.74) is 25.9. The first-order valence-corrected chi connectivity index (χ1v) is 21.9. The zero-order valence-corrected chi connectivity index (χ0v) is 35.2. The molecule has 6 aromatic carbocycles. The fourth-order valence-electron chi connectivity index (χ4n) is 9.35. The van der Waals surface area contributed by atoms with Crippen molar-refractivity contribution in [3.63, 3.8) is 0 Å². The monoisotopic (exact) mass is 732 g/mol. The molecule has 0 aliphatic rings. The minimum absolute atomic E-state index is 1.29. The van der Waals surface area contributed by atoms with Crippen molar-refractivity contribution in [3.05, 3.63) is 152 Å². The summed E-state index contributed by atoms with van der Waals surface area (Å²) in [6.07, 6.45) is 0. The number of hydrazine groups is 1. The average molecular weight is 732 g/mol. The number of nitrogens with two attached hydrogens (primary N) is 1. The van der Waals surface area contributed by atoms with Gasteiger partial charge in [0.05, 0.1) is 0 Å². The van der Waals surface area contributed by atoms with Crippen molar-refractivity contribution in [1.29, 1.82) is 0 Å². The molecule has 3 heteroatoms. The number of aryl methyl sites for hydroxylation is 12. The number of hydrogen-bond acceptors (Lipinski definition) is 2. The zero-order chi connectivity index (χ0) is 36.9. The van der Waals surface area contributed by atoms with E-state index in [0.717, 1.165) is 0 Å². The van der Waals surface area contributed by atoms with Crippen molar-refractivity contribution in [1.82, 2.24) is 4.38 Å². The summed E-state index contributed by atoms with van der Waals surface area (Å²) in [4.78, 5) is 0. The van der Waals surface area contributed by atoms with Crippen LogP contribution in [0.5, 0.6) is 0 Å². The van der Waals surface area contributed by atoms with Crippen LogP contribution in [-0.4, -0.2) is 14.6 Å². The molecule has 0 radical (unpaired) electrons. The predicted octanol–water partition coefficient (Wildman–Crippen LogP) is 10.4. The van der Waals surface area contributed by atoms with E-state index in [1.54, 1.807) is 0 Å². The van der Waals surface area contributed by atoms with Crippen LogP contribution < -0.4 is 19.0 Å². The van der Waals surface area contributed by atoms with Gasteiger partial charge in [0, 0.05) is 0 Å². The molecule has 0 saturated carbocycles. The summed E-state index contributed by atoms with van der Waals surface area (Å²) in [7, 11) is 0. The molecule has 3 N–H and O–H groups in total. The van der Waals surface area contributed by atoms with Crippen LogP contribution in [0.25, 0.3) is 44.5 Å². The number of rotatable bonds is 7. The average Bonchev–Trinajstić information content (AvgIpc) is 3.01. The third-order valence-corrected chi connectivity index (χ3v) is 16.5. The van der Waals surface area contributed by atoms with Crippen LogP contribution in [0.1, 0.15) is 66.8 Å². The van der Waals surface area contributed by atoms with E-state index in [1.165, 1.54) is 120 Å². The van der Waals surface area contributed by atoms with E-state index in [2.05, 4.69) is 172 Å². The van der Waals surface area contributed by atoms with E-state index >= 15 is 0 Å². The summed E-state index contributed by atoms with van der Waals surface area (Å²) >= 11 is -3.19. The molecule has 6 aromatic rings. The van der Waals surface area contributed by atoms with E-state index < -0.39 is 14.6 Å². The Hall–Kier alpha value is -4.22. The number of hydrogen-bond donors (Lipinski definition) is 2. The Kier molecular flexibility index (Phi) is 10.3. The molecule has 0 unspecified atom stereocenters. The summed E-state index contributed by atoms with van der Waals surface area (Å²) in [5, 5.41) is 0. The molecule has 0 amide bonds. The van der Waals surface area contributed by atoms with Crippen LogP contribution in [0.3, 0.4) is 0 Å². The van der Waals surface area contributed by atoms with Gasteiger partial charge in [0.1, 0.15) is 0 Å². The molecule has 2 nitrogen and oxygen atoms in total. The molecule has 0 aromatic heterocycles. The van der Waals surface area contributed by atoms with Gasteiger partial charge in [-0.3, -0.25) is 0 Å². The SMILES string of the molecule is Cc1cc(C)c(-c2cccc(-c3c(C)cc(C)cc3C)[c]2[GeH]([NH]N)[c]2c(-c3c(C)cc(C)cc3C)cccc2-c2c(C)cc(C)cc2C)c(C)c1. The molecule has 0 heterocycles. The second-order valence-corrected chi connectivity index (χ2v) is 20.2. The number of benzene rings is 6. The second-order valence-electron chi connectivity index (χ2n) is 15.2. The fourth-order valence-corrected chi connectivity index (χ4v) is 15.3. The third kappa shape index (κ3) is 6.78. The third-order valence-electron chi connectivity index (χ3n) is 10.7. The Bertz CT molecular complexity index is 1920. The van der Waals surface area contributed by atoms with Gasteiger partial charge in [-0.15, -0.1) is 0 Å². The van der Waals surface area contributed by atoms with E-state index in [0.29, 0.717) is 0 Å². The molecule has 0 bridgehead atoms. The molecule has 0 saturated heterocycles. The van der Waals surface area contributed by atoms with Gasteiger partial charge < -0.3 is 0 Å². The van der Waals surface area contributed by atoms with Crippen LogP contribution >= 0.6 is 0 Å². The molecule has 0 aliphatic carbocycles. The first kappa shape index (κ1) is 36.6. The van der Waals surface area contributed by atoms with Crippen LogP contribution in [-0.2, 0) is 0 Å². The predicted molar refractivity (Wildman–Crippen MR) is 225 cm³/mol. The molecular formula is C48H54GeN2.